The normalized spacial score (nSPS) is 12.1. The maximum atomic E-state index is 13.1. The van der Waals surface area contributed by atoms with Gasteiger partial charge in [-0.05, 0) is 36.4 Å². The molecule has 0 aliphatic heterocycles. The summed E-state index contributed by atoms with van der Waals surface area (Å²) >= 11 is 3.18. The van der Waals surface area contributed by atoms with Crippen molar-refractivity contribution in [3.05, 3.63) is 52.0 Å². The Morgan fingerprint density at radius 2 is 1.65 bits per heavy atom. The summed E-state index contributed by atoms with van der Waals surface area (Å²) < 4.78 is 89.0. The van der Waals surface area contributed by atoms with E-state index in [0.29, 0.717) is 16.6 Å². The van der Waals surface area contributed by atoms with Gasteiger partial charge in [-0.2, -0.15) is 31.3 Å². The first kappa shape index (κ1) is 22.6. The molecule has 1 heterocycles. The van der Waals surface area contributed by atoms with Crippen molar-refractivity contribution in [2.75, 3.05) is 6.61 Å². The zero-order valence-electron chi connectivity index (χ0n) is 14.9. The van der Waals surface area contributed by atoms with Crippen molar-refractivity contribution in [3.8, 4) is 28.6 Å². The molecule has 13 heteroatoms. The van der Waals surface area contributed by atoms with Crippen LogP contribution in [0.2, 0.25) is 0 Å². The van der Waals surface area contributed by atoms with Gasteiger partial charge in [0.1, 0.15) is 5.75 Å². The molecule has 1 N–H and O–H groups in total. The largest absolute Gasteiger partial charge is 0.481 e. The van der Waals surface area contributed by atoms with Crippen LogP contribution in [0.3, 0.4) is 0 Å². The highest BCUT2D eigenvalue weighted by molar-refractivity contribution is 9.10. The van der Waals surface area contributed by atoms with Crippen LogP contribution in [0.15, 0.2) is 45.4 Å². The number of benzene rings is 2. The van der Waals surface area contributed by atoms with Crippen molar-refractivity contribution in [3.63, 3.8) is 0 Å². The van der Waals surface area contributed by atoms with E-state index in [4.69, 9.17) is 14.4 Å². The lowest BCUT2D eigenvalue weighted by Gasteiger charge is -2.12. The van der Waals surface area contributed by atoms with E-state index in [2.05, 4.69) is 26.1 Å². The number of rotatable bonds is 5. The summed E-state index contributed by atoms with van der Waals surface area (Å²) in [5.74, 6) is -2.11. The highest BCUT2D eigenvalue weighted by atomic mass is 79.9. The van der Waals surface area contributed by atoms with Crippen LogP contribution in [-0.4, -0.2) is 27.8 Å². The summed E-state index contributed by atoms with van der Waals surface area (Å²) in [7, 11) is 0. The van der Waals surface area contributed by atoms with Crippen LogP contribution in [0.25, 0.3) is 22.8 Å². The number of hydrogen-bond donors (Lipinski definition) is 1. The van der Waals surface area contributed by atoms with Crippen molar-refractivity contribution < 1.29 is 45.5 Å². The van der Waals surface area contributed by atoms with Crippen LogP contribution in [0.1, 0.15) is 11.1 Å². The minimum Gasteiger partial charge on any atom is -0.481 e. The number of carboxylic acid groups (broad SMARTS) is 1. The first-order valence-corrected chi connectivity index (χ1v) is 8.92. The van der Waals surface area contributed by atoms with E-state index in [1.165, 1.54) is 18.2 Å². The Morgan fingerprint density at radius 1 is 1.03 bits per heavy atom. The molecule has 0 aliphatic carbocycles. The van der Waals surface area contributed by atoms with Gasteiger partial charge in [0.05, 0.1) is 16.7 Å². The first-order valence-electron chi connectivity index (χ1n) is 8.12. The Morgan fingerprint density at radius 3 is 2.19 bits per heavy atom. The van der Waals surface area contributed by atoms with E-state index in [1.807, 2.05) is 0 Å². The highest BCUT2D eigenvalue weighted by Gasteiger charge is 2.37. The summed E-state index contributed by atoms with van der Waals surface area (Å²) in [5, 5.41) is 12.2. The molecule has 0 aliphatic rings. The van der Waals surface area contributed by atoms with Crippen LogP contribution in [0, 0.1) is 0 Å². The number of ether oxygens (including phenoxy) is 1. The molecular weight excluding hydrogens is 502 g/mol. The number of aromatic nitrogens is 2. The van der Waals surface area contributed by atoms with Crippen LogP contribution in [-0.2, 0) is 17.1 Å². The summed E-state index contributed by atoms with van der Waals surface area (Å²) in [5.41, 5.74) is -3.55. The third kappa shape index (κ3) is 5.34. The maximum absolute atomic E-state index is 13.1. The second kappa shape index (κ2) is 8.21. The molecular formula is C18H9BrF6N2O4. The van der Waals surface area contributed by atoms with E-state index >= 15 is 0 Å². The van der Waals surface area contributed by atoms with Gasteiger partial charge in [-0.15, -0.1) is 0 Å². The average Bonchev–Trinajstić information content (AvgIpc) is 3.15. The number of nitrogens with zero attached hydrogens (tertiary/aromatic N) is 2. The lowest BCUT2D eigenvalue weighted by atomic mass is 10.0. The minimum atomic E-state index is -5.04. The molecule has 0 saturated carbocycles. The molecule has 0 fully saturated rings. The Kier molecular flexibility index (Phi) is 5.98. The lowest BCUT2D eigenvalue weighted by molar-refractivity contribution is -0.143. The molecule has 1 aromatic heterocycles. The molecule has 0 atom stereocenters. The molecule has 2 aromatic carbocycles. The van der Waals surface area contributed by atoms with Crippen molar-refractivity contribution >= 4 is 21.9 Å². The second-order valence-electron chi connectivity index (χ2n) is 6.04. The third-order valence-corrected chi connectivity index (χ3v) is 4.29. The quantitative estimate of drug-likeness (QED) is 0.445. The number of carboxylic acids is 1. The summed E-state index contributed by atoms with van der Waals surface area (Å²) in [4.78, 5) is 14.6. The molecule has 3 rings (SSSR count). The van der Waals surface area contributed by atoms with Crippen LogP contribution < -0.4 is 4.74 Å². The predicted octanol–water partition coefficient (Wildman–Crippen LogP) is 5.67. The van der Waals surface area contributed by atoms with Gasteiger partial charge in [-0.3, -0.25) is 0 Å². The number of carbonyl (C=O) groups is 1. The summed E-state index contributed by atoms with van der Waals surface area (Å²) in [6.45, 7) is -0.710. The molecule has 0 saturated heterocycles. The van der Waals surface area contributed by atoms with E-state index < -0.39 is 47.4 Å². The predicted molar refractivity (Wildman–Crippen MR) is 96.0 cm³/mol. The van der Waals surface area contributed by atoms with Gasteiger partial charge in [0.25, 0.3) is 5.89 Å². The van der Waals surface area contributed by atoms with E-state index in [-0.39, 0.29) is 23.3 Å². The Bertz CT molecular complexity index is 1090. The van der Waals surface area contributed by atoms with E-state index in [0.717, 1.165) is 0 Å². The summed E-state index contributed by atoms with van der Waals surface area (Å²) in [6, 6.07) is 5.20. The molecule has 3 aromatic rings. The minimum absolute atomic E-state index is 0.000762. The third-order valence-electron chi connectivity index (χ3n) is 3.80. The fraction of sp³-hybridized carbons (Fsp3) is 0.167. The Labute approximate surface area is 177 Å². The molecule has 0 spiro atoms. The number of halogens is 7. The smallest absolute Gasteiger partial charge is 0.416 e. The topological polar surface area (TPSA) is 85.5 Å². The molecule has 164 valence electrons. The Balaban J connectivity index is 2.07. The molecule has 0 bridgehead atoms. The first-order chi connectivity index (χ1) is 14.3. The van der Waals surface area contributed by atoms with Crippen molar-refractivity contribution in [2.45, 2.75) is 12.4 Å². The van der Waals surface area contributed by atoms with Gasteiger partial charge in [0.15, 0.2) is 6.61 Å². The van der Waals surface area contributed by atoms with Crippen LogP contribution >= 0.6 is 15.9 Å². The zero-order valence-corrected chi connectivity index (χ0v) is 16.5. The molecule has 0 radical (unpaired) electrons. The molecule has 0 unspecified atom stereocenters. The van der Waals surface area contributed by atoms with Gasteiger partial charge in [-0.25, -0.2) is 4.79 Å². The standard InChI is InChI=1S/C18H9BrF6N2O4/c19-11-1-2-13(30-7-14(28)29)12(6-11)16-26-15(27-31-16)8-3-9(17(20,21)22)5-10(4-8)18(23,24)25/h1-6H,7H2,(H,28,29). The molecule has 31 heavy (non-hydrogen) atoms. The van der Waals surface area contributed by atoms with E-state index in [9.17, 15) is 31.1 Å². The number of alkyl halides is 6. The monoisotopic (exact) mass is 510 g/mol. The van der Waals surface area contributed by atoms with Gasteiger partial charge >= 0.3 is 18.3 Å². The second-order valence-corrected chi connectivity index (χ2v) is 6.96. The number of aliphatic carboxylic acids is 1. The van der Waals surface area contributed by atoms with Crippen molar-refractivity contribution in [2.24, 2.45) is 0 Å². The molecule has 0 amide bonds. The SMILES string of the molecule is O=C(O)COc1ccc(Br)cc1-c1nc(-c2cc(C(F)(F)F)cc(C(F)(F)F)c2)no1. The average molecular weight is 511 g/mol. The fourth-order valence-corrected chi connectivity index (χ4v) is 2.83. The van der Waals surface area contributed by atoms with Crippen molar-refractivity contribution in [1.29, 1.82) is 0 Å². The lowest BCUT2D eigenvalue weighted by Crippen LogP contribution is -2.11. The highest BCUT2D eigenvalue weighted by Crippen LogP contribution is 2.39. The van der Waals surface area contributed by atoms with Crippen molar-refractivity contribution in [1.82, 2.24) is 10.1 Å². The molecule has 6 nitrogen and oxygen atoms in total. The Hall–Kier alpha value is -3.09. The maximum Gasteiger partial charge on any atom is 0.416 e. The van der Waals surface area contributed by atoms with E-state index in [1.54, 1.807) is 0 Å². The van der Waals surface area contributed by atoms with Gasteiger partial charge in [0.2, 0.25) is 5.82 Å². The van der Waals surface area contributed by atoms with Crippen LogP contribution in [0.4, 0.5) is 26.3 Å². The fourth-order valence-electron chi connectivity index (χ4n) is 2.47. The zero-order chi connectivity index (χ0) is 23.0. The van der Waals surface area contributed by atoms with Crippen LogP contribution in [0.5, 0.6) is 5.75 Å². The van der Waals surface area contributed by atoms with Gasteiger partial charge in [-0.1, -0.05) is 21.1 Å². The summed E-state index contributed by atoms with van der Waals surface area (Å²) in [6.07, 6.45) is -10.1. The number of hydrogen-bond acceptors (Lipinski definition) is 5. The van der Waals surface area contributed by atoms with Gasteiger partial charge < -0.3 is 14.4 Å². The van der Waals surface area contributed by atoms with Gasteiger partial charge in [0, 0.05) is 10.0 Å².